The lowest BCUT2D eigenvalue weighted by atomic mass is 10.1. The maximum Gasteiger partial charge on any atom is 0.276 e. The molecule has 116 valence electrons. The van der Waals surface area contributed by atoms with Crippen molar-refractivity contribution in [1.82, 2.24) is 9.97 Å². The average molecular weight is 309 g/mol. The van der Waals surface area contributed by atoms with E-state index < -0.39 is 4.92 Å². The highest BCUT2D eigenvalue weighted by atomic mass is 16.6. The van der Waals surface area contributed by atoms with Crippen molar-refractivity contribution in [2.45, 2.75) is 13.0 Å². The minimum Gasteiger partial charge on any atom is -0.489 e. The average Bonchev–Trinajstić information content (AvgIpc) is 3.07. The Morgan fingerprint density at radius 2 is 1.91 bits per heavy atom. The lowest BCUT2D eigenvalue weighted by Crippen LogP contribution is -2.00. The van der Waals surface area contributed by atoms with E-state index in [1.54, 1.807) is 30.6 Å². The summed E-state index contributed by atoms with van der Waals surface area (Å²) in [5.41, 5.74) is 1.73. The van der Waals surface area contributed by atoms with Crippen molar-refractivity contribution in [2.75, 3.05) is 0 Å². The van der Waals surface area contributed by atoms with E-state index in [0.717, 1.165) is 17.8 Å². The molecule has 0 radical (unpaired) electrons. The number of nitro benzene ring substituents is 1. The molecule has 6 heteroatoms. The Labute approximate surface area is 132 Å². The first-order chi connectivity index (χ1) is 11.2. The van der Waals surface area contributed by atoms with Crippen LogP contribution < -0.4 is 4.74 Å². The van der Waals surface area contributed by atoms with Crippen LogP contribution in [-0.4, -0.2) is 14.9 Å². The normalized spacial score (nSPS) is 10.4. The van der Waals surface area contributed by atoms with E-state index in [2.05, 4.69) is 9.97 Å². The molecule has 6 nitrogen and oxygen atoms in total. The number of nitro groups is 1. The summed E-state index contributed by atoms with van der Waals surface area (Å²) in [7, 11) is 0. The monoisotopic (exact) mass is 309 g/mol. The number of hydrogen-bond donors (Lipinski definition) is 1. The molecule has 0 bridgehead atoms. The summed E-state index contributed by atoms with van der Waals surface area (Å²) in [6.45, 7) is 0.161. The molecular weight excluding hydrogens is 294 g/mol. The van der Waals surface area contributed by atoms with Gasteiger partial charge in [0.25, 0.3) is 5.69 Å². The molecule has 0 aliphatic rings. The summed E-state index contributed by atoms with van der Waals surface area (Å²) >= 11 is 0. The van der Waals surface area contributed by atoms with E-state index in [4.69, 9.17) is 4.74 Å². The first kappa shape index (κ1) is 14.8. The van der Waals surface area contributed by atoms with Crippen LogP contribution >= 0.6 is 0 Å². The number of H-pyrrole nitrogens is 1. The van der Waals surface area contributed by atoms with E-state index in [1.165, 1.54) is 6.07 Å². The SMILES string of the molecule is O=[N+]([O-])c1ccccc1COc1ccc(Cc2ncc[nH]2)cc1. The van der Waals surface area contributed by atoms with Crippen molar-refractivity contribution in [3.63, 3.8) is 0 Å². The lowest BCUT2D eigenvalue weighted by molar-refractivity contribution is -0.385. The van der Waals surface area contributed by atoms with Gasteiger partial charge in [0.15, 0.2) is 0 Å². The van der Waals surface area contributed by atoms with E-state index in [1.807, 2.05) is 24.3 Å². The van der Waals surface area contributed by atoms with Gasteiger partial charge in [0.1, 0.15) is 18.2 Å². The fraction of sp³-hybridized carbons (Fsp3) is 0.118. The number of nitrogens with zero attached hydrogens (tertiary/aromatic N) is 2. The molecular formula is C17H15N3O3. The molecule has 1 N–H and O–H groups in total. The quantitative estimate of drug-likeness (QED) is 0.558. The highest BCUT2D eigenvalue weighted by molar-refractivity contribution is 5.39. The first-order valence-electron chi connectivity index (χ1n) is 7.14. The number of aromatic amines is 1. The molecule has 0 saturated heterocycles. The van der Waals surface area contributed by atoms with Crippen LogP contribution in [0.5, 0.6) is 5.75 Å². The van der Waals surface area contributed by atoms with Crippen molar-refractivity contribution < 1.29 is 9.66 Å². The molecule has 1 aromatic heterocycles. The Bertz CT molecular complexity index is 783. The van der Waals surface area contributed by atoms with Gasteiger partial charge in [0.2, 0.25) is 0 Å². The van der Waals surface area contributed by atoms with Crippen LogP contribution in [0.25, 0.3) is 0 Å². The van der Waals surface area contributed by atoms with E-state index in [9.17, 15) is 10.1 Å². The Morgan fingerprint density at radius 3 is 2.61 bits per heavy atom. The van der Waals surface area contributed by atoms with Gasteiger partial charge in [-0.2, -0.15) is 0 Å². The van der Waals surface area contributed by atoms with Gasteiger partial charge < -0.3 is 9.72 Å². The summed E-state index contributed by atoms with van der Waals surface area (Å²) in [6.07, 6.45) is 4.23. The van der Waals surface area contributed by atoms with Gasteiger partial charge in [-0.05, 0) is 23.8 Å². The number of nitrogens with one attached hydrogen (secondary N) is 1. The smallest absolute Gasteiger partial charge is 0.276 e. The third-order valence-corrected chi connectivity index (χ3v) is 3.43. The highest BCUT2D eigenvalue weighted by Gasteiger charge is 2.12. The Kier molecular flexibility index (Phi) is 4.33. The molecule has 0 atom stereocenters. The number of benzene rings is 2. The molecule has 0 aliphatic carbocycles. The zero-order valence-electron chi connectivity index (χ0n) is 12.3. The predicted octanol–water partition coefficient (Wildman–Crippen LogP) is 3.49. The van der Waals surface area contributed by atoms with E-state index in [-0.39, 0.29) is 12.3 Å². The summed E-state index contributed by atoms with van der Waals surface area (Å²) in [4.78, 5) is 17.8. The van der Waals surface area contributed by atoms with Crippen LogP contribution in [0.3, 0.4) is 0 Å². The summed E-state index contributed by atoms with van der Waals surface area (Å²) in [5, 5.41) is 11.0. The second-order valence-electron chi connectivity index (χ2n) is 5.03. The van der Waals surface area contributed by atoms with E-state index >= 15 is 0 Å². The Balaban J connectivity index is 1.64. The molecule has 3 aromatic rings. The van der Waals surface area contributed by atoms with E-state index in [0.29, 0.717) is 11.3 Å². The van der Waals surface area contributed by atoms with Crippen molar-refractivity contribution in [3.8, 4) is 5.75 Å². The third-order valence-electron chi connectivity index (χ3n) is 3.43. The molecule has 23 heavy (non-hydrogen) atoms. The Hall–Kier alpha value is -3.15. The second kappa shape index (κ2) is 6.74. The predicted molar refractivity (Wildman–Crippen MR) is 85.3 cm³/mol. The fourth-order valence-electron chi connectivity index (χ4n) is 2.26. The topological polar surface area (TPSA) is 81.1 Å². The molecule has 0 saturated carbocycles. The number of hydrogen-bond acceptors (Lipinski definition) is 4. The zero-order valence-corrected chi connectivity index (χ0v) is 12.3. The van der Waals surface area contributed by atoms with Gasteiger partial charge in [-0.3, -0.25) is 10.1 Å². The van der Waals surface area contributed by atoms with Gasteiger partial charge in [0.05, 0.1) is 10.5 Å². The summed E-state index contributed by atoms with van der Waals surface area (Å²) in [6, 6.07) is 14.2. The van der Waals surface area contributed by atoms with Gasteiger partial charge in [0, 0.05) is 24.9 Å². The zero-order chi connectivity index (χ0) is 16.1. The van der Waals surface area contributed by atoms with Gasteiger partial charge in [-0.15, -0.1) is 0 Å². The standard InChI is InChI=1S/C17H15N3O3/c21-20(22)16-4-2-1-3-14(16)12-23-15-7-5-13(6-8-15)11-17-18-9-10-19-17/h1-10H,11-12H2,(H,18,19). The molecule has 1 heterocycles. The molecule has 0 unspecified atom stereocenters. The number of rotatable bonds is 6. The van der Waals surface area contributed by atoms with Crippen LogP contribution in [0, 0.1) is 10.1 Å². The molecule has 0 spiro atoms. The van der Waals surface area contributed by atoms with Crippen LogP contribution in [0.1, 0.15) is 17.0 Å². The first-order valence-corrected chi connectivity index (χ1v) is 7.14. The van der Waals surface area contributed by atoms with Crippen molar-refractivity contribution >= 4 is 5.69 Å². The molecule has 0 amide bonds. The maximum absolute atomic E-state index is 11.0. The third kappa shape index (κ3) is 3.74. The number of para-hydroxylation sites is 1. The lowest BCUT2D eigenvalue weighted by Gasteiger charge is -2.07. The summed E-state index contributed by atoms with van der Waals surface area (Å²) < 4.78 is 5.65. The minimum absolute atomic E-state index is 0.0712. The summed E-state index contributed by atoms with van der Waals surface area (Å²) in [5.74, 6) is 1.57. The van der Waals surface area contributed by atoms with Crippen molar-refractivity contribution in [1.29, 1.82) is 0 Å². The molecule has 2 aromatic carbocycles. The second-order valence-corrected chi connectivity index (χ2v) is 5.03. The van der Waals surface area contributed by atoms with Gasteiger partial charge in [-0.1, -0.05) is 24.3 Å². The number of aromatic nitrogens is 2. The van der Waals surface area contributed by atoms with Crippen LogP contribution in [0.15, 0.2) is 60.9 Å². The van der Waals surface area contributed by atoms with Crippen LogP contribution in [0.4, 0.5) is 5.69 Å². The largest absolute Gasteiger partial charge is 0.489 e. The Morgan fingerprint density at radius 1 is 1.13 bits per heavy atom. The minimum atomic E-state index is -0.398. The molecule has 0 aliphatic heterocycles. The molecule has 0 fully saturated rings. The fourth-order valence-corrected chi connectivity index (χ4v) is 2.26. The van der Waals surface area contributed by atoms with Crippen molar-refractivity contribution in [2.24, 2.45) is 0 Å². The van der Waals surface area contributed by atoms with Crippen LogP contribution in [-0.2, 0) is 13.0 Å². The number of imidazole rings is 1. The number of ether oxygens (including phenoxy) is 1. The molecule has 3 rings (SSSR count). The highest BCUT2D eigenvalue weighted by Crippen LogP contribution is 2.21. The van der Waals surface area contributed by atoms with Crippen molar-refractivity contribution in [3.05, 3.63) is 88.0 Å². The van der Waals surface area contributed by atoms with Gasteiger partial charge >= 0.3 is 0 Å². The van der Waals surface area contributed by atoms with Gasteiger partial charge in [-0.25, -0.2) is 4.98 Å². The van der Waals surface area contributed by atoms with Crippen LogP contribution in [0.2, 0.25) is 0 Å². The maximum atomic E-state index is 11.0.